The molecule has 1 aromatic heterocycles. The van der Waals surface area contributed by atoms with Gasteiger partial charge in [0.05, 0.1) is 0 Å². The number of rotatable bonds is 3. The zero-order chi connectivity index (χ0) is 13.0. The summed E-state index contributed by atoms with van der Waals surface area (Å²) < 4.78 is 1.96. The van der Waals surface area contributed by atoms with Crippen molar-refractivity contribution in [3.8, 4) is 0 Å². The number of carbonyl (C=O) groups is 1. The molecule has 0 radical (unpaired) electrons. The zero-order valence-electron chi connectivity index (χ0n) is 10.7. The summed E-state index contributed by atoms with van der Waals surface area (Å²) in [6, 6.07) is 11.6. The van der Waals surface area contributed by atoms with Crippen molar-refractivity contribution in [1.82, 2.24) is 5.32 Å². The number of nitrogens with one attached hydrogen (secondary N) is 1. The van der Waals surface area contributed by atoms with Crippen LogP contribution in [0.1, 0.15) is 21.5 Å². The molecule has 3 heteroatoms. The van der Waals surface area contributed by atoms with Gasteiger partial charge < -0.3 is 5.32 Å². The molecule has 1 amide bonds. The maximum absolute atomic E-state index is 12.0. The second kappa shape index (κ2) is 5.45. The van der Waals surface area contributed by atoms with Crippen LogP contribution >= 0.6 is 0 Å². The Kier molecular flexibility index (Phi) is 3.72. The molecule has 1 N–H and O–H groups in total. The first-order valence-corrected chi connectivity index (χ1v) is 5.95. The fourth-order valence-electron chi connectivity index (χ4n) is 1.75. The molecule has 0 spiro atoms. The molecule has 0 atom stereocenters. The number of amides is 1. The number of benzene rings is 1. The quantitative estimate of drug-likeness (QED) is 0.816. The van der Waals surface area contributed by atoms with Crippen LogP contribution in [0, 0.1) is 6.92 Å². The lowest BCUT2D eigenvalue weighted by molar-refractivity contribution is -0.671. The van der Waals surface area contributed by atoms with Crippen LogP contribution in [0.4, 0.5) is 0 Å². The maximum Gasteiger partial charge on any atom is 0.251 e. The molecule has 0 bridgehead atoms. The third-order valence-electron chi connectivity index (χ3n) is 2.89. The van der Waals surface area contributed by atoms with Crippen molar-refractivity contribution in [1.29, 1.82) is 0 Å². The predicted molar refractivity (Wildman–Crippen MR) is 70.0 cm³/mol. The lowest BCUT2D eigenvalue weighted by atomic mass is 10.1. The summed E-state index contributed by atoms with van der Waals surface area (Å²) in [4.78, 5) is 12.0. The molecular weight excluding hydrogens is 224 g/mol. The fourth-order valence-corrected chi connectivity index (χ4v) is 1.75. The van der Waals surface area contributed by atoms with Crippen LogP contribution < -0.4 is 9.88 Å². The van der Waals surface area contributed by atoms with Gasteiger partial charge in [-0.1, -0.05) is 18.2 Å². The van der Waals surface area contributed by atoms with E-state index in [9.17, 15) is 4.79 Å². The smallest absolute Gasteiger partial charge is 0.251 e. The molecule has 92 valence electrons. The van der Waals surface area contributed by atoms with Crippen LogP contribution in [-0.4, -0.2) is 5.91 Å². The number of aryl methyl sites for hydroxylation is 2. The highest BCUT2D eigenvalue weighted by molar-refractivity contribution is 5.95. The van der Waals surface area contributed by atoms with E-state index in [1.807, 2.05) is 67.3 Å². The molecule has 0 fully saturated rings. The van der Waals surface area contributed by atoms with Crippen molar-refractivity contribution >= 4 is 5.91 Å². The summed E-state index contributed by atoms with van der Waals surface area (Å²) in [6.45, 7) is 2.49. The van der Waals surface area contributed by atoms with Crippen LogP contribution in [-0.2, 0) is 13.6 Å². The van der Waals surface area contributed by atoms with Gasteiger partial charge in [0.2, 0.25) is 0 Å². The predicted octanol–water partition coefficient (Wildman–Crippen LogP) is 1.75. The highest BCUT2D eigenvalue weighted by Crippen LogP contribution is 2.06. The lowest BCUT2D eigenvalue weighted by Gasteiger charge is -2.07. The average molecular weight is 241 g/mol. The summed E-state index contributed by atoms with van der Waals surface area (Å²) in [5, 5.41) is 2.93. The minimum Gasteiger partial charge on any atom is -0.348 e. The average Bonchev–Trinajstić information content (AvgIpc) is 2.38. The van der Waals surface area contributed by atoms with E-state index in [1.54, 1.807) is 0 Å². The molecule has 1 aromatic carbocycles. The van der Waals surface area contributed by atoms with Crippen molar-refractivity contribution < 1.29 is 9.36 Å². The Labute approximate surface area is 107 Å². The molecule has 1 heterocycles. The second-order valence-corrected chi connectivity index (χ2v) is 4.37. The minimum absolute atomic E-state index is 0.0265. The largest absolute Gasteiger partial charge is 0.348 e. The second-order valence-electron chi connectivity index (χ2n) is 4.37. The third-order valence-corrected chi connectivity index (χ3v) is 2.89. The van der Waals surface area contributed by atoms with Crippen molar-refractivity contribution in [2.24, 2.45) is 7.05 Å². The molecule has 0 aliphatic carbocycles. The van der Waals surface area contributed by atoms with Crippen LogP contribution in [0.15, 0.2) is 48.8 Å². The van der Waals surface area contributed by atoms with Gasteiger partial charge in [0, 0.05) is 24.2 Å². The maximum atomic E-state index is 12.0. The van der Waals surface area contributed by atoms with Gasteiger partial charge in [-0.3, -0.25) is 4.79 Å². The SMILES string of the molecule is Cc1ccccc1C(=O)NCc1cc[n+](C)cc1. The van der Waals surface area contributed by atoms with Gasteiger partial charge in [-0.15, -0.1) is 0 Å². The van der Waals surface area contributed by atoms with Gasteiger partial charge in [0.15, 0.2) is 12.4 Å². The number of pyridine rings is 1. The summed E-state index contributed by atoms with van der Waals surface area (Å²) >= 11 is 0. The van der Waals surface area contributed by atoms with Gasteiger partial charge in [0.25, 0.3) is 5.91 Å². The van der Waals surface area contributed by atoms with Crippen molar-refractivity contribution in [2.45, 2.75) is 13.5 Å². The lowest BCUT2D eigenvalue weighted by Crippen LogP contribution is -2.27. The minimum atomic E-state index is -0.0265. The molecule has 2 aromatic rings. The van der Waals surface area contributed by atoms with Crippen LogP contribution in [0.25, 0.3) is 0 Å². The van der Waals surface area contributed by atoms with Crippen LogP contribution in [0.5, 0.6) is 0 Å². The molecule has 0 aliphatic heterocycles. The molecule has 18 heavy (non-hydrogen) atoms. The highest BCUT2D eigenvalue weighted by atomic mass is 16.1. The Hall–Kier alpha value is -2.16. The first-order valence-electron chi connectivity index (χ1n) is 5.95. The molecular formula is C15H17N2O+. The normalized spacial score (nSPS) is 10.1. The molecule has 0 saturated carbocycles. The summed E-state index contributed by atoms with van der Waals surface area (Å²) in [5.74, 6) is -0.0265. The first-order chi connectivity index (χ1) is 8.66. The van der Waals surface area contributed by atoms with Crippen LogP contribution in [0.3, 0.4) is 0 Å². The number of hydrogen-bond acceptors (Lipinski definition) is 1. The van der Waals surface area contributed by atoms with Gasteiger partial charge in [0.1, 0.15) is 7.05 Å². The number of carbonyl (C=O) groups excluding carboxylic acids is 1. The van der Waals surface area contributed by atoms with E-state index in [0.717, 1.165) is 16.7 Å². The van der Waals surface area contributed by atoms with E-state index >= 15 is 0 Å². The monoisotopic (exact) mass is 241 g/mol. The Morgan fingerprint density at radius 3 is 2.50 bits per heavy atom. The third kappa shape index (κ3) is 2.94. The van der Waals surface area contributed by atoms with Gasteiger partial charge in [-0.25, -0.2) is 4.57 Å². The number of aromatic nitrogens is 1. The fraction of sp³-hybridized carbons (Fsp3) is 0.200. The molecule has 0 aliphatic rings. The van der Waals surface area contributed by atoms with E-state index in [0.29, 0.717) is 6.54 Å². The van der Waals surface area contributed by atoms with E-state index < -0.39 is 0 Å². The molecule has 3 nitrogen and oxygen atoms in total. The zero-order valence-corrected chi connectivity index (χ0v) is 10.7. The van der Waals surface area contributed by atoms with Gasteiger partial charge >= 0.3 is 0 Å². The molecule has 0 unspecified atom stereocenters. The number of nitrogens with zero attached hydrogens (tertiary/aromatic N) is 1. The van der Waals surface area contributed by atoms with Crippen molar-refractivity contribution in [3.63, 3.8) is 0 Å². The van der Waals surface area contributed by atoms with E-state index in [2.05, 4.69) is 5.32 Å². The van der Waals surface area contributed by atoms with Gasteiger partial charge in [-0.05, 0) is 24.1 Å². The Morgan fingerprint density at radius 2 is 1.83 bits per heavy atom. The molecule has 2 rings (SSSR count). The van der Waals surface area contributed by atoms with Gasteiger partial charge in [-0.2, -0.15) is 0 Å². The van der Waals surface area contributed by atoms with Crippen LogP contribution in [0.2, 0.25) is 0 Å². The van der Waals surface area contributed by atoms with Crippen molar-refractivity contribution in [3.05, 3.63) is 65.5 Å². The molecule has 0 saturated heterocycles. The Balaban J connectivity index is 2.01. The van der Waals surface area contributed by atoms with Crippen molar-refractivity contribution in [2.75, 3.05) is 0 Å². The first kappa shape index (κ1) is 12.3. The Bertz CT molecular complexity index is 547. The summed E-state index contributed by atoms with van der Waals surface area (Å²) in [5.41, 5.74) is 2.82. The Morgan fingerprint density at radius 1 is 1.17 bits per heavy atom. The number of hydrogen-bond donors (Lipinski definition) is 1. The van der Waals surface area contributed by atoms with E-state index in [4.69, 9.17) is 0 Å². The summed E-state index contributed by atoms with van der Waals surface area (Å²) in [7, 11) is 1.97. The summed E-state index contributed by atoms with van der Waals surface area (Å²) in [6.07, 6.45) is 3.94. The standard InChI is InChI=1S/C15H16N2O/c1-12-5-3-4-6-14(12)15(18)16-11-13-7-9-17(2)10-8-13/h3-10H,11H2,1-2H3/p+1. The highest BCUT2D eigenvalue weighted by Gasteiger charge is 2.07. The van der Waals surface area contributed by atoms with E-state index in [-0.39, 0.29) is 5.91 Å². The van der Waals surface area contributed by atoms with E-state index in [1.165, 1.54) is 0 Å². The topological polar surface area (TPSA) is 33.0 Å².